The highest BCUT2D eigenvalue weighted by Gasteiger charge is 2.40. The van der Waals surface area contributed by atoms with Crippen molar-refractivity contribution in [3.63, 3.8) is 0 Å². The van der Waals surface area contributed by atoms with Crippen LogP contribution in [0, 0.1) is 12.3 Å². The fraction of sp³-hybridized carbons (Fsp3) is 0.483. The average Bonchev–Trinajstić information content (AvgIpc) is 3.32. The average molecular weight is 571 g/mol. The number of sulfonamides is 1. The second-order valence-electron chi connectivity index (χ2n) is 10.8. The van der Waals surface area contributed by atoms with Crippen molar-refractivity contribution in [3.8, 4) is 5.75 Å². The molecule has 0 fully saturated rings. The molecule has 4 rings (SSSR count). The van der Waals surface area contributed by atoms with Gasteiger partial charge in [0.1, 0.15) is 22.4 Å². The van der Waals surface area contributed by atoms with Gasteiger partial charge in [0.15, 0.2) is 0 Å². The summed E-state index contributed by atoms with van der Waals surface area (Å²) in [5, 5.41) is 18.3. The SMILES string of the molecule is CCCn1cc(COC(c2ccc(C)c(CN3CC(CC)Oc4ccccc4S3(=O)=O)c2)C(C)(C)C(=O)O)nn1. The Labute approximate surface area is 236 Å². The number of benzene rings is 2. The number of fused-ring (bicyclic) bond motifs is 1. The molecule has 11 heteroatoms. The van der Waals surface area contributed by atoms with Crippen LogP contribution in [0.25, 0.3) is 0 Å². The minimum Gasteiger partial charge on any atom is -0.488 e. The first-order chi connectivity index (χ1) is 19.0. The molecule has 1 aliphatic heterocycles. The van der Waals surface area contributed by atoms with Gasteiger partial charge in [0.05, 0.1) is 30.9 Å². The highest BCUT2D eigenvalue weighted by molar-refractivity contribution is 7.89. The summed E-state index contributed by atoms with van der Waals surface area (Å²) in [5.74, 6) is -0.654. The standard InChI is InChI=1S/C29H38N4O6S/c1-6-14-32-17-23(30-31-32)19-38-27(29(4,5)28(34)35)21-13-12-20(3)22(15-21)16-33-18-24(7-2)39-25-10-8-9-11-26(25)40(33,36)37/h8-13,15,17,24,27H,6-7,14,16,18-19H2,1-5H3,(H,34,35). The monoisotopic (exact) mass is 570 g/mol. The molecule has 2 aromatic carbocycles. The number of hydrogen-bond acceptors (Lipinski definition) is 7. The minimum atomic E-state index is -3.84. The highest BCUT2D eigenvalue weighted by Crippen LogP contribution is 2.39. The fourth-order valence-corrected chi connectivity index (χ4v) is 6.33. The zero-order chi connectivity index (χ0) is 29.1. The van der Waals surface area contributed by atoms with Crippen LogP contribution in [0.5, 0.6) is 5.75 Å². The molecule has 0 amide bonds. The van der Waals surface area contributed by atoms with E-state index in [1.165, 1.54) is 4.31 Å². The summed E-state index contributed by atoms with van der Waals surface area (Å²) in [5.41, 5.74) is 1.62. The maximum Gasteiger partial charge on any atom is 0.312 e. The zero-order valence-corrected chi connectivity index (χ0v) is 24.5. The van der Waals surface area contributed by atoms with Gasteiger partial charge in [0.25, 0.3) is 0 Å². The molecule has 10 nitrogen and oxygen atoms in total. The van der Waals surface area contributed by atoms with E-state index in [-0.39, 0.29) is 30.7 Å². The highest BCUT2D eigenvalue weighted by atomic mass is 32.2. The van der Waals surface area contributed by atoms with E-state index >= 15 is 0 Å². The van der Waals surface area contributed by atoms with Crippen LogP contribution in [0.15, 0.2) is 53.6 Å². The van der Waals surface area contributed by atoms with E-state index in [0.29, 0.717) is 23.4 Å². The van der Waals surface area contributed by atoms with E-state index in [2.05, 4.69) is 10.3 Å². The van der Waals surface area contributed by atoms with Crippen LogP contribution in [0.2, 0.25) is 0 Å². The van der Waals surface area contributed by atoms with Gasteiger partial charge in [-0.05, 0) is 62.4 Å². The van der Waals surface area contributed by atoms with E-state index in [0.717, 1.165) is 24.1 Å². The number of hydrogen-bond donors (Lipinski definition) is 1. The quantitative estimate of drug-likeness (QED) is 0.351. The van der Waals surface area contributed by atoms with Crippen LogP contribution in [0.3, 0.4) is 0 Å². The first-order valence-electron chi connectivity index (χ1n) is 13.6. The van der Waals surface area contributed by atoms with Crippen molar-refractivity contribution in [1.29, 1.82) is 0 Å². The second-order valence-corrected chi connectivity index (χ2v) is 12.7. The van der Waals surface area contributed by atoms with Gasteiger partial charge in [0.2, 0.25) is 10.0 Å². The summed E-state index contributed by atoms with van der Waals surface area (Å²) in [4.78, 5) is 12.4. The van der Waals surface area contributed by atoms with Crippen molar-refractivity contribution in [2.45, 2.75) is 84.3 Å². The molecule has 0 saturated carbocycles. The van der Waals surface area contributed by atoms with Gasteiger partial charge in [-0.2, -0.15) is 4.31 Å². The molecule has 2 atom stereocenters. The Morgan fingerprint density at radius 3 is 2.67 bits per heavy atom. The molecule has 1 N–H and O–H groups in total. The molecule has 2 heterocycles. The smallest absolute Gasteiger partial charge is 0.312 e. The number of carbonyl (C=O) groups is 1. The number of ether oxygens (including phenoxy) is 2. The lowest BCUT2D eigenvalue weighted by atomic mass is 9.81. The number of aryl methyl sites for hydroxylation is 2. The first kappa shape index (κ1) is 29.7. The number of carboxylic acid groups (broad SMARTS) is 1. The molecular weight excluding hydrogens is 532 g/mol. The molecule has 0 bridgehead atoms. The zero-order valence-electron chi connectivity index (χ0n) is 23.7. The molecule has 0 saturated heterocycles. The van der Waals surface area contributed by atoms with Crippen LogP contribution >= 0.6 is 0 Å². The predicted octanol–water partition coefficient (Wildman–Crippen LogP) is 4.73. The molecule has 1 aliphatic rings. The van der Waals surface area contributed by atoms with Crippen molar-refractivity contribution in [2.24, 2.45) is 5.41 Å². The summed E-state index contributed by atoms with van der Waals surface area (Å²) in [6.07, 6.45) is 2.22. The fourth-order valence-electron chi connectivity index (χ4n) is 4.76. The normalized spacial score (nSPS) is 18.0. The minimum absolute atomic E-state index is 0.0844. The van der Waals surface area contributed by atoms with Crippen LogP contribution in [-0.2, 0) is 39.3 Å². The number of aliphatic carboxylic acids is 1. The van der Waals surface area contributed by atoms with E-state index in [9.17, 15) is 18.3 Å². The maximum atomic E-state index is 13.7. The first-order valence-corrected chi connectivity index (χ1v) is 15.0. The number of para-hydroxylation sites is 1. The number of aromatic nitrogens is 3. The molecule has 0 aliphatic carbocycles. The van der Waals surface area contributed by atoms with Gasteiger partial charge < -0.3 is 14.6 Å². The van der Waals surface area contributed by atoms with E-state index in [4.69, 9.17) is 9.47 Å². The van der Waals surface area contributed by atoms with Crippen molar-refractivity contribution in [2.75, 3.05) is 6.54 Å². The van der Waals surface area contributed by atoms with Crippen LogP contribution < -0.4 is 4.74 Å². The summed E-state index contributed by atoms with van der Waals surface area (Å²) in [6, 6.07) is 12.3. The lowest BCUT2D eigenvalue weighted by molar-refractivity contribution is -0.158. The third-order valence-electron chi connectivity index (χ3n) is 7.29. The molecule has 216 valence electrons. The Bertz CT molecular complexity index is 1450. The van der Waals surface area contributed by atoms with Crippen molar-refractivity contribution in [1.82, 2.24) is 19.3 Å². The molecular formula is C29H38N4O6S. The molecule has 0 radical (unpaired) electrons. The summed E-state index contributed by atoms with van der Waals surface area (Å²) < 4.78 is 42.8. The molecule has 3 aromatic rings. The van der Waals surface area contributed by atoms with E-state index in [1.807, 2.05) is 39.0 Å². The van der Waals surface area contributed by atoms with Gasteiger partial charge in [-0.1, -0.05) is 49.4 Å². The van der Waals surface area contributed by atoms with Gasteiger partial charge in [-0.15, -0.1) is 5.10 Å². The summed E-state index contributed by atoms with van der Waals surface area (Å²) in [7, 11) is -3.84. The van der Waals surface area contributed by atoms with Crippen LogP contribution in [0.1, 0.15) is 69.0 Å². The Balaban J connectivity index is 1.67. The van der Waals surface area contributed by atoms with Gasteiger partial charge in [0, 0.05) is 13.1 Å². The third kappa shape index (κ3) is 6.21. The van der Waals surface area contributed by atoms with Gasteiger partial charge in [-0.25, -0.2) is 8.42 Å². The van der Waals surface area contributed by atoms with E-state index in [1.54, 1.807) is 49.0 Å². The largest absolute Gasteiger partial charge is 0.488 e. The van der Waals surface area contributed by atoms with Crippen molar-refractivity contribution >= 4 is 16.0 Å². The second kappa shape index (κ2) is 12.1. The van der Waals surface area contributed by atoms with Gasteiger partial charge >= 0.3 is 5.97 Å². The van der Waals surface area contributed by atoms with Crippen molar-refractivity contribution < 1.29 is 27.8 Å². The number of rotatable bonds is 11. The lowest BCUT2D eigenvalue weighted by Crippen LogP contribution is -2.36. The Kier molecular flexibility index (Phi) is 8.96. The van der Waals surface area contributed by atoms with E-state index < -0.39 is 27.5 Å². The van der Waals surface area contributed by atoms with Crippen LogP contribution in [-0.4, -0.2) is 51.4 Å². The predicted molar refractivity (Wildman–Crippen MR) is 149 cm³/mol. The molecule has 2 unspecified atom stereocenters. The molecule has 1 aromatic heterocycles. The number of carboxylic acids is 1. The maximum absolute atomic E-state index is 13.7. The van der Waals surface area contributed by atoms with Gasteiger partial charge in [-0.3, -0.25) is 9.48 Å². The number of nitrogens with zero attached hydrogens (tertiary/aromatic N) is 4. The molecule has 40 heavy (non-hydrogen) atoms. The summed E-state index contributed by atoms with van der Waals surface area (Å²) in [6.45, 7) is 10.3. The van der Waals surface area contributed by atoms with Crippen molar-refractivity contribution in [3.05, 3.63) is 71.0 Å². The molecule has 0 spiro atoms. The summed E-state index contributed by atoms with van der Waals surface area (Å²) >= 11 is 0. The Hall–Kier alpha value is -3.28. The third-order valence-corrected chi connectivity index (χ3v) is 9.14. The topological polar surface area (TPSA) is 124 Å². The Morgan fingerprint density at radius 2 is 1.98 bits per heavy atom. The van der Waals surface area contributed by atoms with Crippen LogP contribution in [0.4, 0.5) is 0 Å². The Morgan fingerprint density at radius 1 is 1.23 bits per heavy atom. The lowest BCUT2D eigenvalue weighted by Gasteiger charge is -2.31.